The number of aliphatic imine (C=N–C) groups is 1. The first kappa shape index (κ1) is 20.7. The molecule has 3 N–H and O–H groups in total. The van der Waals surface area contributed by atoms with Crippen LogP contribution in [0.2, 0.25) is 0 Å². The third-order valence-electron chi connectivity index (χ3n) is 3.30. The molecule has 0 bridgehead atoms. The minimum atomic E-state index is -0.522. The summed E-state index contributed by atoms with van der Waals surface area (Å²) in [5.41, 5.74) is 1.07. The summed E-state index contributed by atoms with van der Waals surface area (Å²) >= 11 is 0. The Bertz CT molecular complexity index is 606. The van der Waals surface area contributed by atoms with Crippen LogP contribution in [0.3, 0.4) is 0 Å². The molecule has 0 aliphatic rings. The maximum atomic E-state index is 11.9. The van der Waals surface area contributed by atoms with E-state index in [4.69, 9.17) is 4.74 Å². The largest absolute Gasteiger partial charge is 0.444 e. The number of aryl methyl sites for hydroxylation is 1. The van der Waals surface area contributed by atoms with Gasteiger partial charge in [0.2, 0.25) is 0 Å². The Morgan fingerprint density at radius 3 is 2.48 bits per heavy atom. The minimum absolute atomic E-state index is 0.439. The number of hydrogen-bond acceptors (Lipinski definition) is 4. The zero-order valence-electron chi connectivity index (χ0n) is 16.4. The number of rotatable bonds is 5. The van der Waals surface area contributed by atoms with Crippen molar-refractivity contribution in [3.05, 3.63) is 29.6 Å². The van der Waals surface area contributed by atoms with Gasteiger partial charge in [-0.3, -0.25) is 9.98 Å². The van der Waals surface area contributed by atoms with E-state index in [0.29, 0.717) is 19.0 Å². The Morgan fingerprint density at radius 1 is 1.24 bits per heavy atom. The van der Waals surface area contributed by atoms with Crippen LogP contribution in [0.1, 0.15) is 45.9 Å². The molecule has 7 heteroatoms. The summed E-state index contributed by atoms with van der Waals surface area (Å²) in [6.45, 7) is 12.4. The summed E-state index contributed by atoms with van der Waals surface area (Å²) in [6, 6.07) is 3.94. The van der Waals surface area contributed by atoms with Gasteiger partial charge in [0.25, 0.3) is 0 Å². The van der Waals surface area contributed by atoms with Gasteiger partial charge in [-0.15, -0.1) is 0 Å². The molecular weight excluding hydrogens is 318 g/mol. The van der Waals surface area contributed by atoms with E-state index >= 15 is 0 Å². The molecular formula is C18H31N5O2. The molecule has 1 aromatic heterocycles. The number of amides is 1. The van der Waals surface area contributed by atoms with Gasteiger partial charge in [-0.1, -0.05) is 6.07 Å². The van der Waals surface area contributed by atoms with Crippen LogP contribution in [0, 0.1) is 6.92 Å². The number of ether oxygens (including phenoxy) is 1. The second-order valence-corrected chi connectivity index (χ2v) is 7.56. The normalized spacial score (nSPS) is 12.5. The first-order valence-corrected chi connectivity index (χ1v) is 8.38. The van der Waals surface area contributed by atoms with Gasteiger partial charge >= 0.3 is 6.09 Å². The predicted molar refractivity (Wildman–Crippen MR) is 101 cm³/mol. The third-order valence-corrected chi connectivity index (χ3v) is 3.30. The number of carbonyl (C=O) groups is 1. The van der Waals surface area contributed by atoms with Gasteiger partial charge in [-0.2, -0.15) is 0 Å². The van der Waals surface area contributed by atoms with Crippen molar-refractivity contribution in [1.29, 1.82) is 0 Å². The molecule has 1 aromatic rings. The van der Waals surface area contributed by atoms with Crippen molar-refractivity contribution in [2.75, 3.05) is 13.6 Å². The van der Waals surface area contributed by atoms with Gasteiger partial charge in [0, 0.05) is 19.8 Å². The smallest absolute Gasteiger partial charge is 0.408 e. The maximum absolute atomic E-state index is 11.9. The van der Waals surface area contributed by atoms with Gasteiger partial charge in [-0.05, 0) is 53.2 Å². The summed E-state index contributed by atoms with van der Waals surface area (Å²) < 4.78 is 5.29. The van der Waals surface area contributed by atoms with Crippen LogP contribution in [0.5, 0.6) is 0 Å². The molecule has 0 aliphatic carbocycles. The summed E-state index contributed by atoms with van der Waals surface area (Å²) in [6.07, 6.45) is 1.33. The third kappa shape index (κ3) is 8.37. The van der Waals surface area contributed by atoms with Crippen LogP contribution in [0.4, 0.5) is 4.79 Å². The average molecular weight is 349 g/mol. The van der Waals surface area contributed by atoms with Crippen molar-refractivity contribution in [2.24, 2.45) is 4.99 Å². The molecule has 0 fully saturated rings. The number of hydrogen-bond donors (Lipinski definition) is 3. The molecule has 0 spiro atoms. The van der Waals surface area contributed by atoms with Crippen LogP contribution in [0.15, 0.2) is 23.3 Å². The lowest BCUT2D eigenvalue weighted by atomic mass is 10.1. The van der Waals surface area contributed by atoms with Crippen molar-refractivity contribution in [1.82, 2.24) is 20.9 Å². The Balaban J connectivity index is 2.50. The Hall–Kier alpha value is -2.31. The van der Waals surface area contributed by atoms with Crippen LogP contribution in [0.25, 0.3) is 0 Å². The van der Waals surface area contributed by atoms with Crippen molar-refractivity contribution >= 4 is 12.1 Å². The molecule has 0 unspecified atom stereocenters. The van der Waals surface area contributed by atoms with Gasteiger partial charge in [0.1, 0.15) is 5.60 Å². The molecule has 1 amide bonds. The zero-order chi connectivity index (χ0) is 19.1. The number of pyridine rings is 1. The SMILES string of the molecule is CN=C(NCc1ncccc1C)NCC(C)(C)NC(=O)OC(C)(C)C. The van der Waals surface area contributed by atoms with Gasteiger partial charge in [0.05, 0.1) is 17.8 Å². The van der Waals surface area contributed by atoms with E-state index in [1.807, 2.05) is 53.7 Å². The second kappa shape index (κ2) is 8.69. The van der Waals surface area contributed by atoms with Crippen LogP contribution in [-0.2, 0) is 11.3 Å². The Morgan fingerprint density at radius 2 is 1.92 bits per heavy atom. The predicted octanol–water partition coefficient (Wildman–Crippen LogP) is 2.36. The highest BCUT2D eigenvalue weighted by Crippen LogP contribution is 2.09. The van der Waals surface area contributed by atoms with E-state index in [0.717, 1.165) is 11.3 Å². The molecule has 140 valence electrons. The second-order valence-electron chi connectivity index (χ2n) is 7.56. The van der Waals surface area contributed by atoms with Gasteiger partial charge < -0.3 is 20.7 Å². The lowest BCUT2D eigenvalue weighted by molar-refractivity contribution is 0.0474. The van der Waals surface area contributed by atoms with E-state index in [2.05, 4.69) is 25.9 Å². The summed E-state index contributed by atoms with van der Waals surface area (Å²) in [7, 11) is 1.70. The molecule has 7 nitrogen and oxygen atoms in total. The first-order chi connectivity index (χ1) is 11.5. The Kier molecular flexibility index (Phi) is 7.21. The van der Waals surface area contributed by atoms with Crippen molar-refractivity contribution < 1.29 is 9.53 Å². The topological polar surface area (TPSA) is 87.6 Å². The zero-order valence-corrected chi connectivity index (χ0v) is 16.4. The number of nitrogens with one attached hydrogen (secondary N) is 3. The molecule has 0 atom stereocenters. The molecule has 0 aromatic carbocycles. The summed E-state index contributed by atoms with van der Waals surface area (Å²) in [4.78, 5) is 20.5. The number of guanidine groups is 1. The quantitative estimate of drug-likeness (QED) is 0.561. The number of aromatic nitrogens is 1. The minimum Gasteiger partial charge on any atom is -0.444 e. The van der Waals surface area contributed by atoms with E-state index in [1.165, 1.54) is 0 Å². The van der Waals surface area contributed by atoms with E-state index in [1.54, 1.807) is 13.2 Å². The van der Waals surface area contributed by atoms with Gasteiger partial charge in [0.15, 0.2) is 5.96 Å². The van der Waals surface area contributed by atoms with Crippen molar-refractivity contribution in [3.63, 3.8) is 0 Å². The van der Waals surface area contributed by atoms with Crippen LogP contribution >= 0.6 is 0 Å². The molecule has 0 aliphatic heterocycles. The fourth-order valence-corrected chi connectivity index (χ4v) is 2.02. The van der Waals surface area contributed by atoms with E-state index in [-0.39, 0.29) is 0 Å². The highest BCUT2D eigenvalue weighted by atomic mass is 16.6. The molecule has 1 heterocycles. The fraction of sp³-hybridized carbons (Fsp3) is 0.611. The molecule has 1 rings (SSSR count). The highest BCUT2D eigenvalue weighted by Gasteiger charge is 2.24. The monoisotopic (exact) mass is 349 g/mol. The highest BCUT2D eigenvalue weighted by molar-refractivity contribution is 5.79. The van der Waals surface area contributed by atoms with E-state index < -0.39 is 17.2 Å². The lowest BCUT2D eigenvalue weighted by Gasteiger charge is -2.29. The van der Waals surface area contributed by atoms with Crippen molar-refractivity contribution in [3.8, 4) is 0 Å². The number of alkyl carbamates (subject to hydrolysis) is 1. The summed E-state index contributed by atoms with van der Waals surface area (Å²) in [5.74, 6) is 0.643. The van der Waals surface area contributed by atoms with Crippen LogP contribution in [-0.4, -0.2) is 41.8 Å². The standard InChI is InChI=1S/C18H31N5O2/c1-13-9-8-10-20-14(13)11-21-15(19-7)22-12-18(5,6)23-16(24)25-17(2,3)4/h8-10H,11-12H2,1-7H3,(H,23,24)(H2,19,21,22). The van der Waals surface area contributed by atoms with Gasteiger partial charge in [-0.25, -0.2) is 4.79 Å². The fourth-order valence-electron chi connectivity index (χ4n) is 2.02. The average Bonchev–Trinajstić information content (AvgIpc) is 2.46. The molecule has 0 saturated carbocycles. The van der Waals surface area contributed by atoms with Crippen molar-refractivity contribution in [2.45, 2.75) is 59.2 Å². The maximum Gasteiger partial charge on any atom is 0.408 e. The number of nitrogens with zero attached hydrogens (tertiary/aromatic N) is 2. The lowest BCUT2D eigenvalue weighted by Crippen LogP contribution is -2.54. The molecule has 0 saturated heterocycles. The van der Waals surface area contributed by atoms with Crippen LogP contribution < -0.4 is 16.0 Å². The molecule has 0 radical (unpaired) electrons. The first-order valence-electron chi connectivity index (χ1n) is 8.38. The number of carbonyl (C=O) groups excluding carboxylic acids is 1. The molecule has 25 heavy (non-hydrogen) atoms. The summed E-state index contributed by atoms with van der Waals surface area (Å²) in [5, 5.41) is 9.29. The Labute approximate surface area is 150 Å². The van der Waals surface area contributed by atoms with E-state index in [9.17, 15) is 4.79 Å².